The average molecular weight is 541 g/mol. The van der Waals surface area contributed by atoms with Gasteiger partial charge in [0.2, 0.25) is 0 Å². The van der Waals surface area contributed by atoms with Gasteiger partial charge in [-0.2, -0.15) is 8.42 Å². The zero-order valence-electron chi connectivity index (χ0n) is 22.4. The maximum Gasteiger partial charge on any atom is 0.342 e. The van der Waals surface area contributed by atoms with Crippen LogP contribution in [0.3, 0.4) is 0 Å². The largest absolute Gasteiger partial charge is 0.496 e. The number of carbonyl (C=O) groups is 1. The van der Waals surface area contributed by atoms with Gasteiger partial charge in [-0.25, -0.2) is 4.79 Å². The number of hydrogen-bond acceptors (Lipinski definition) is 8. The van der Waals surface area contributed by atoms with Gasteiger partial charge in [0.05, 0.1) is 34.2 Å². The fourth-order valence-electron chi connectivity index (χ4n) is 3.92. The first-order chi connectivity index (χ1) is 18.1. The van der Waals surface area contributed by atoms with Crippen molar-refractivity contribution < 1.29 is 36.3 Å². The lowest BCUT2D eigenvalue weighted by Gasteiger charge is -2.20. The van der Waals surface area contributed by atoms with Crippen LogP contribution < -0.4 is 18.4 Å². The van der Waals surface area contributed by atoms with Crippen LogP contribution >= 0.6 is 0 Å². The first-order valence-electron chi connectivity index (χ1n) is 11.8. The third-order valence-electron chi connectivity index (χ3n) is 5.55. The van der Waals surface area contributed by atoms with Crippen molar-refractivity contribution >= 4 is 16.1 Å². The third kappa shape index (κ3) is 7.07. The van der Waals surface area contributed by atoms with E-state index in [0.717, 1.165) is 12.7 Å². The third-order valence-corrected chi connectivity index (χ3v) is 6.05. The molecule has 9 heteroatoms. The van der Waals surface area contributed by atoms with Crippen LogP contribution in [0.15, 0.2) is 66.2 Å². The first kappa shape index (κ1) is 28.6. The number of methoxy groups -OCH3 is 3. The molecule has 0 unspecified atom stereocenters. The summed E-state index contributed by atoms with van der Waals surface area (Å²) in [6, 6.07) is 15.5. The zero-order valence-corrected chi connectivity index (χ0v) is 23.2. The monoisotopic (exact) mass is 540 g/mol. The van der Waals surface area contributed by atoms with Crippen molar-refractivity contribution in [3.63, 3.8) is 0 Å². The van der Waals surface area contributed by atoms with Crippen LogP contribution in [-0.2, 0) is 14.9 Å². The molecule has 3 aromatic rings. The van der Waals surface area contributed by atoms with E-state index in [1.165, 1.54) is 39.0 Å². The van der Waals surface area contributed by atoms with E-state index in [1.54, 1.807) is 18.2 Å². The van der Waals surface area contributed by atoms with Crippen molar-refractivity contribution in [1.29, 1.82) is 0 Å². The molecule has 0 heterocycles. The quantitative estimate of drug-likeness (QED) is 0.128. The molecule has 0 radical (unpaired) electrons. The molecule has 0 spiro atoms. The minimum atomic E-state index is -3.67. The highest BCUT2D eigenvalue weighted by molar-refractivity contribution is 7.86. The van der Waals surface area contributed by atoms with Crippen molar-refractivity contribution in [3.8, 4) is 45.3 Å². The Morgan fingerprint density at radius 1 is 0.868 bits per heavy atom. The molecule has 3 rings (SSSR count). The summed E-state index contributed by atoms with van der Waals surface area (Å²) in [4.78, 5) is 13.1. The summed E-state index contributed by atoms with van der Waals surface area (Å²) in [5, 5.41) is 0. The number of rotatable bonds is 11. The number of esters is 1. The van der Waals surface area contributed by atoms with Crippen LogP contribution in [0.4, 0.5) is 0 Å². The van der Waals surface area contributed by atoms with Crippen molar-refractivity contribution in [2.45, 2.75) is 20.3 Å². The highest BCUT2D eigenvalue weighted by atomic mass is 32.2. The molecule has 3 aromatic carbocycles. The molecule has 202 valence electrons. The van der Waals surface area contributed by atoms with E-state index in [2.05, 4.69) is 6.08 Å². The van der Waals surface area contributed by atoms with Crippen LogP contribution in [0.5, 0.6) is 23.0 Å². The Kier molecular flexibility index (Phi) is 9.41. The minimum Gasteiger partial charge on any atom is -0.496 e. The summed E-state index contributed by atoms with van der Waals surface area (Å²) < 4.78 is 50.2. The highest BCUT2D eigenvalue weighted by Gasteiger charge is 2.27. The summed E-state index contributed by atoms with van der Waals surface area (Å²) in [5.74, 6) is 0.974. The molecule has 0 saturated heterocycles. The van der Waals surface area contributed by atoms with Gasteiger partial charge >= 0.3 is 16.1 Å². The average Bonchev–Trinajstić information content (AvgIpc) is 2.89. The molecule has 0 amide bonds. The van der Waals surface area contributed by atoms with Gasteiger partial charge in [-0.05, 0) is 61.7 Å². The van der Waals surface area contributed by atoms with Crippen LogP contribution in [-0.4, -0.2) is 48.6 Å². The zero-order chi connectivity index (χ0) is 27.9. The number of hydrogen-bond donors (Lipinski definition) is 0. The van der Waals surface area contributed by atoms with E-state index >= 15 is 0 Å². The van der Waals surface area contributed by atoms with E-state index in [-0.39, 0.29) is 17.1 Å². The number of benzene rings is 3. The molecule has 38 heavy (non-hydrogen) atoms. The van der Waals surface area contributed by atoms with Gasteiger partial charge in [0, 0.05) is 11.1 Å². The molecule has 0 N–H and O–H groups in total. The summed E-state index contributed by atoms with van der Waals surface area (Å²) in [5.41, 5.74) is 3.85. The van der Waals surface area contributed by atoms with Gasteiger partial charge < -0.3 is 23.1 Å². The fourth-order valence-corrected chi connectivity index (χ4v) is 4.38. The van der Waals surface area contributed by atoms with Gasteiger partial charge in [0.1, 0.15) is 28.6 Å². The van der Waals surface area contributed by atoms with E-state index in [4.69, 9.17) is 23.1 Å². The van der Waals surface area contributed by atoms with Gasteiger partial charge in [-0.3, -0.25) is 0 Å². The van der Waals surface area contributed by atoms with Gasteiger partial charge in [0.15, 0.2) is 0 Å². The topological polar surface area (TPSA) is 97.4 Å². The Bertz CT molecular complexity index is 1400. The molecule has 0 saturated carbocycles. The van der Waals surface area contributed by atoms with Crippen molar-refractivity contribution in [2.24, 2.45) is 0 Å². The molecule has 0 fully saturated rings. The number of carbonyl (C=O) groups excluding carboxylic acids is 1. The predicted octanol–water partition coefficient (Wildman–Crippen LogP) is 5.90. The van der Waals surface area contributed by atoms with Gasteiger partial charge in [-0.1, -0.05) is 35.9 Å². The molecule has 0 atom stereocenters. The summed E-state index contributed by atoms with van der Waals surface area (Å²) >= 11 is 0. The summed E-state index contributed by atoms with van der Waals surface area (Å²) in [6.45, 7) is 4.64. The maximum atomic E-state index is 13.1. The molecular formula is C29H32O8S. The van der Waals surface area contributed by atoms with Crippen LogP contribution in [0, 0.1) is 0 Å². The standard InChI is InChI=1S/C29H32O8S/c1-19(2)8-7-17-36-22-13-11-21(12-14-22)26-25(33-3)18-24(28(34-4)27(26)29(30)35-5)20-9-15-23(16-10-20)37-38(6,31)32/h8-16,18H,7,17H2,1-6H3. The second-order valence-corrected chi connectivity index (χ2v) is 10.2. The maximum absolute atomic E-state index is 13.1. The van der Waals surface area contributed by atoms with E-state index in [1.807, 2.05) is 38.1 Å². The highest BCUT2D eigenvalue weighted by Crippen LogP contribution is 2.46. The van der Waals surface area contributed by atoms with Gasteiger partial charge in [-0.15, -0.1) is 0 Å². The Labute approximate surface area is 223 Å². The van der Waals surface area contributed by atoms with Crippen molar-refractivity contribution in [1.82, 2.24) is 0 Å². The molecule has 8 nitrogen and oxygen atoms in total. The minimum absolute atomic E-state index is 0.162. The SMILES string of the molecule is COC(=O)c1c(OC)c(-c2ccc(OS(C)(=O)=O)cc2)cc(OC)c1-c1ccc(OCCC=C(C)C)cc1. The Morgan fingerprint density at radius 2 is 1.47 bits per heavy atom. The fraction of sp³-hybridized carbons (Fsp3) is 0.276. The molecule has 0 aliphatic carbocycles. The molecule has 0 aliphatic rings. The lowest BCUT2D eigenvalue weighted by Crippen LogP contribution is -2.09. The predicted molar refractivity (Wildman–Crippen MR) is 147 cm³/mol. The van der Waals surface area contributed by atoms with Crippen LogP contribution in [0.2, 0.25) is 0 Å². The Morgan fingerprint density at radius 3 is 2.00 bits per heavy atom. The molecule has 0 aliphatic heterocycles. The van der Waals surface area contributed by atoms with Crippen molar-refractivity contribution in [3.05, 3.63) is 71.8 Å². The van der Waals surface area contributed by atoms with Crippen molar-refractivity contribution in [2.75, 3.05) is 34.2 Å². The lowest BCUT2D eigenvalue weighted by atomic mass is 9.92. The van der Waals surface area contributed by atoms with Gasteiger partial charge in [0.25, 0.3) is 0 Å². The van der Waals surface area contributed by atoms with E-state index in [0.29, 0.717) is 40.4 Å². The number of ether oxygens (including phenoxy) is 4. The second-order valence-electron chi connectivity index (χ2n) is 8.66. The lowest BCUT2D eigenvalue weighted by molar-refractivity contribution is 0.0597. The Hall–Kier alpha value is -3.98. The van der Waals surface area contributed by atoms with E-state index < -0.39 is 16.1 Å². The van der Waals surface area contributed by atoms with Crippen LogP contribution in [0.1, 0.15) is 30.6 Å². The summed E-state index contributed by atoms with van der Waals surface area (Å²) in [7, 11) is 0.609. The second kappa shape index (κ2) is 12.5. The first-order valence-corrected chi connectivity index (χ1v) is 13.6. The summed E-state index contributed by atoms with van der Waals surface area (Å²) in [6.07, 6.45) is 3.89. The normalized spacial score (nSPS) is 10.9. The Balaban J connectivity index is 2.09. The molecular weight excluding hydrogens is 508 g/mol. The number of allylic oxidation sites excluding steroid dienone is 1. The smallest absolute Gasteiger partial charge is 0.342 e. The van der Waals surface area contributed by atoms with Crippen LogP contribution in [0.25, 0.3) is 22.3 Å². The molecule has 0 bridgehead atoms. The van der Waals surface area contributed by atoms with E-state index in [9.17, 15) is 13.2 Å². The molecule has 0 aromatic heterocycles.